The van der Waals surface area contributed by atoms with E-state index in [1.54, 1.807) is 12.1 Å². The molecule has 1 saturated carbocycles. The number of rotatable bonds is 7. The van der Waals surface area contributed by atoms with Crippen LogP contribution in [0.2, 0.25) is 5.02 Å². The Hall–Kier alpha value is -1.64. The summed E-state index contributed by atoms with van der Waals surface area (Å²) in [7, 11) is -3.69. The Labute approximate surface area is 151 Å². The number of benzene rings is 1. The number of carboxylic acids is 1. The first-order valence-electron chi connectivity index (χ1n) is 8.05. The number of sulfonamides is 1. The second kappa shape index (κ2) is 8.64. The Morgan fingerprint density at radius 2 is 1.92 bits per heavy atom. The normalized spacial score (nSPS) is 20.8. The van der Waals surface area contributed by atoms with Crippen molar-refractivity contribution in [2.45, 2.75) is 30.6 Å². The summed E-state index contributed by atoms with van der Waals surface area (Å²) in [6.07, 6.45) is 2.29. The van der Waals surface area contributed by atoms with Gasteiger partial charge in [-0.05, 0) is 37.5 Å². The summed E-state index contributed by atoms with van der Waals surface area (Å²) < 4.78 is 26.6. The molecule has 2 unspecified atom stereocenters. The maximum Gasteiger partial charge on any atom is 0.306 e. The van der Waals surface area contributed by atoms with Gasteiger partial charge in [0.15, 0.2) is 0 Å². The van der Waals surface area contributed by atoms with Crippen molar-refractivity contribution in [3.8, 4) is 0 Å². The largest absolute Gasteiger partial charge is 0.481 e. The molecule has 1 aromatic carbocycles. The molecule has 138 valence electrons. The SMILES string of the molecule is O=C(O)C1CCCC(C(=O)NCCNS(=O)(=O)c2cccc(Cl)c2)C1. The first kappa shape index (κ1) is 19.7. The summed E-state index contributed by atoms with van der Waals surface area (Å²) in [6, 6.07) is 5.90. The Bertz CT molecular complexity index is 738. The van der Waals surface area contributed by atoms with E-state index in [0.717, 1.165) is 0 Å². The van der Waals surface area contributed by atoms with Gasteiger partial charge >= 0.3 is 5.97 Å². The first-order chi connectivity index (χ1) is 11.8. The van der Waals surface area contributed by atoms with Gasteiger partial charge in [-0.3, -0.25) is 9.59 Å². The Balaban J connectivity index is 1.78. The molecule has 0 saturated heterocycles. The lowest BCUT2D eigenvalue weighted by Gasteiger charge is -2.25. The summed E-state index contributed by atoms with van der Waals surface area (Å²) in [6.45, 7) is 0.169. The molecule has 9 heteroatoms. The zero-order valence-electron chi connectivity index (χ0n) is 13.6. The van der Waals surface area contributed by atoms with Gasteiger partial charge < -0.3 is 10.4 Å². The molecule has 1 aliphatic rings. The second-order valence-electron chi connectivity index (χ2n) is 6.04. The summed E-state index contributed by atoms with van der Waals surface area (Å²) in [4.78, 5) is 23.2. The Morgan fingerprint density at radius 1 is 1.20 bits per heavy atom. The number of hydrogen-bond donors (Lipinski definition) is 3. The van der Waals surface area contributed by atoms with Crippen molar-refractivity contribution in [3.05, 3.63) is 29.3 Å². The van der Waals surface area contributed by atoms with E-state index in [1.165, 1.54) is 12.1 Å². The number of amides is 1. The van der Waals surface area contributed by atoms with Crippen LogP contribution in [0.1, 0.15) is 25.7 Å². The van der Waals surface area contributed by atoms with Crippen molar-refractivity contribution >= 4 is 33.5 Å². The van der Waals surface area contributed by atoms with Crippen molar-refractivity contribution in [2.24, 2.45) is 11.8 Å². The molecule has 0 radical (unpaired) electrons. The molecule has 1 fully saturated rings. The zero-order valence-corrected chi connectivity index (χ0v) is 15.1. The molecule has 1 aliphatic carbocycles. The van der Waals surface area contributed by atoms with Crippen molar-refractivity contribution < 1.29 is 23.1 Å². The number of halogens is 1. The fourth-order valence-corrected chi connectivity index (χ4v) is 4.22. The molecule has 3 N–H and O–H groups in total. The van der Waals surface area contributed by atoms with Gasteiger partial charge in [0, 0.05) is 24.0 Å². The van der Waals surface area contributed by atoms with E-state index in [-0.39, 0.29) is 29.8 Å². The highest BCUT2D eigenvalue weighted by Gasteiger charge is 2.30. The lowest BCUT2D eigenvalue weighted by molar-refractivity contribution is -0.144. The molecule has 0 aromatic heterocycles. The van der Waals surface area contributed by atoms with E-state index >= 15 is 0 Å². The minimum atomic E-state index is -3.69. The van der Waals surface area contributed by atoms with Crippen molar-refractivity contribution in [1.29, 1.82) is 0 Å². The van der Waals surface area contributed by atoms with Crippen LogP contribution in [0, 0.1) is 11.8 Å². The number of hydrogen-bond acceptors (Lipinski definition) is 4. The number of nitrogens with one attached hydrogen (secondary N) is 2. The van der Waals surface area contributed by atoms with Crippen molar-refractivity contribution in [1.82, 2.24) is 10.0 Å². The highest BCUT2D eigenvalue weighted by atomic mass is 35.5. The summed E-state index contributed by atoms with van der Waals surface area (Å²) in [5.41, 5.74) is 0. The highest BCUT2D eigenvalue weighted by Crippen LogP contribution is 2.29. The number of carbonyl (C=O) groups excluding carboxylic acids is 1. The Morgan fingerprint density at radius 3 is 2.60 bits per heavy atom. The van der Waals surface area contributed by atoms with Gasteiger partial charge in [-0.1, -0.05) is 24.1 Å². The average Bonchev–Trinajstić information content (AvgIpc) is 2.58. The molecular formula is C16H21ClN2O5S. The van der Waals surface area contributed by atoms with Crippen LogP contribution < -0.4 is 10.0 Å². The van der Waals surface area contributed by atoms with Crippen LogP contribution in [0.3, 0.4) is 0 Å². The summed E-state index contributed by atoms with van der Waals surface area (Å²) in [5.74, 6) is -1.91. The zero-order chi connectivity index (χ0) is 18.4. The third kappa shape index (κ3) is 5.69. The van der Waals surface area contributed by atoms with Crippen LogP contribution >= 0.6 is 11.6 Å². The molecule has 1 aromatic rings. The van der Waals surface area contributed by atoms with Gasteiger partial charge in [0.25, 0.3) is 0 Å². The second-order valence-corrected chi connectivity index (χ2v) is 8.25. The Kier molecular flexibility index (Phi) is 6.80. The van der Waals surface area contributed by atoms with Crippen LogP contribution in [0.15, 0.2) is 29.2 Å². The quantitative estimate of drug-likeness (QED) is 0.614. The van der Waals surface area contributed by atoms with Crippen LogP contribution in [0.4, 0.5) is 0 Å². The van der Waals surface area contributed by atoms with E-state index in [2.05, 4.69) is 10.0 Å². The molecule has 25 heavy (non-hydrogen) atoms. The molecule has 2 rings (SSSR count). The number of aliphatic carboxylic acids is 1. The van der Waals surface area contributed by atoms with Crippen LogP contribution in [0.25, 0.3) is 0 Å². The number of carbonyl (C=O) groups is 2. The van der Waals surface area contributed by atoms with Gasteiger partial charge in [-0.15, -0.1) is 0 Å². The van der Waals surface area contributed by atoms with Crippen molar-refractivity contribution in [3.63, 3.8) is 0 Å². The van der Waals surface area contributed by atoms with E-state index < -0.39 is 21.9 Å². The maximum absolute atomic E-state index is 12.1. The lowest BCUT2D eigenvalue weighted by atomic mass is 9.81. The third-order valence-electron chi connectivity index (χ3n) is 4.22. The molecule has 7 nitrogen and oxygen atoms in total. The first-order valence-corrected chi connectivity index (χ1v) is 9.91. The van der Waals surface area contributed by atoms with Crippen LogP contribution in [0.5, 0.6) is 0 Å². The minimum Gasteiger partial charge on any atom is -0.481 e. The molecule has 0 bridgehead atoms. The highest BCUT2D eigenvalue weighted by molar-refractivity contribution is 7.89. The molecule has 1 amide bonds. The van der Waals surface area contributed by atoms with Gasteiger partial charge in [-0.2, -0.15) is 0 Å². The monoisotopic (exact) mass is 388 g/mol. The predicted octanol–water partition coefficient (Wildman–Crippen LogP) is 1.63. The number of carboxylic acid groups (broad SMARTS) is 1. The molecule has 0 heterocycles. The van der Waals surface area contributed by atoms with Gasteiger partial charge in [0.05, 0.1) is 10.8 Å². The molecule has 2 atom stereocenters. The predicted molar refractivity (Wildman–Crippen MR) is 92.7 cm³/mol. The standard InChI is InChI=1S/C16H21ClN2O5S/c17-13-5-2-6-14(10-13)25(23,24)19-8-7-18-15(20)11-3-1-4-12(9-11)16(21)22/h2,5-6,10-12,19H,1,3-4,7-9H2,(H,18,20)(H,21,22). The van der Waals surface area contributed by atoms with E-state index in [0.29, 0.717) is 30.7 Å². The molecule has 0 aliphatic heterocycles. The maximum atomic E-state index is 12.1. The fraction of sp³-hybridized carbons (Fsp3) is 0.500. The van der Waals surface area contributed by atoms with Gasteiger partial charge in [0.1, 0.15) is 0 Å². The lowest BCUT2D eigenvalue weighted by Crippen LogP contribution is -2.39. The third-order valence-corrected chi connectivity index (χ3v) is 5.91. The molecule has 0 spiro atoms. The fourth-order valence-electron chi connectivity index (χ4n) is 2.89. The van der Waals surface area contributed by atoms with Crippen molar-refractivity contribution in [2.75, 3.05) is 13.1 Å². The van der Waals surface area contributed by atoms with Gasteiger partial charge in [-0.25, -0.2) is 13.1 Å². The minimum absolute atomic E-state index is 0.0374. The van der Waals surface area contributed by atoms with E-state index in [9.17, 15) is 18.0 Å². The van der Waals surface area contributed by atoms with E-state index in [4.69, 9.17) is 16.7 Å². The molecular weight excluding hydrogens is 368 g/mol. The topological polar surface area (TPSA) is 113 Å². The summed E-state index contributed by atoms with van der Waals surface area (Å²) in [5, 5.41) is 12.0. The van der Waals surface area contributed by atoms with Crippen LogP contribution in [-0.4, -0.2) is 38.5 Å². The average molecular weight is 389 g/mol. The van der Waals surface area contributed by atoms with Crippen LogP contribution in [-0.2, 0) is 19.6 Å². The van der Waals surface area contributed by atoms with E-state index in [1.807, 2.05) is 0 Å². The summed E-state index contributed by atoms with van der Waals surface area (Å²) >= 11 is 5.78. The smallest absolute Gasteiger partial charge is 0.306 e. The van der Waals surface area contributed by atoms with Gasteiger partial charge in [0.2, 0.25) is 15.9 Å².